The van der Waals surface area contributed by atoms with Gasteiger partial charge < -0.3 is 24.4 Å². The van der Waals surface area contributed by atoms with Gasteiger partial charge in [0.1, 0.15) is 19.3 Å². The Morgan fingerprint density at radius 2 is 1.36 bits per heavy atom. The highest BCUT2D eigenvalue weighted by atomic mass is 16.6. The first kappa shape index (κ1) is 20.3. The van der Waals surface area contributed by atoms with Gasteiger partial charge in [-0.3, -0.25) is 0 Å². The van der Waals surface area contributed by atoms with E-state index in [1.165, 1.54) is 13.8 Å². The van der Waals surface area contributed by atoms with E-state index in [-0.39, 0.29) is 44.0 Å². The lowest BCUT2D eigenvalue weighted by Gasteiger charge is -2.14. The van der Waals surface area contributed by atoms with Crippen molar-refractivity contribution in [3.05, 3.63) is 24.3 Å². The van der Waals surface area contributed by atoms with Crippen molar-refractivity contribution in [1.29, 1.82) is 0 Å². The van der Waals surface area contributed by atoms with Crippen LogP contribution < -0.4 is 0 Å². The smallest absolute Gasteiger partial charge is 0.333 e. The minimum Gasteiger partial charge on any atom is -0.460 e. The first-order chi connectivity index (χ1) is 10.2. The van der Waals surface area contributed by atoms with E-state index in [1.807, 2.05) is 0 Å². The van der Waals surface area contributed by atoms with Crippen molar-refractivity contribution in [2.24, 2.45) is 0 Å². The molecular formula is C15H24O7. The molecule has 0 heterocycles. The fourth-order valence-corrected chi connectivity index (χ4v) is 1.16. The maximum atomic E-state index is 11.1. The van der Waals surface area contributed by atoms with E-state index in [2.05, 4.69) is 13.2 Å². The number of ether oxygens (including phenoxy) is 3. The average molecular weight is 316 g/mol. The maximum absolute atomic E-state index is 11.1. The molecule has 22 heavy (non-hydrogen) atoms. The van der Waals surface area contributed by atoms with Crippen LogP contribution in [0, 0.1) is 0 Å². The van der Waals surface area contributed by atoms with Crippen molar-refractivity contribution in [2.75, 3.05) is 26.4 Å². The topological polar surface area (TPSA) is 102 Å². The molecule has 2 N–H and O–H groups in total. The number of hydrogen-bond donors (Lipinski definition) is 2. The van der Waals surface area contributed by atoms with Crippen LogP contribution in [0.3, 0.4) is 0 Å². The van der Waals surface area contributed by atoms with Gasteiger partial charge in [-0.25, -0.2) is 9.59 Å². The molecule has 0 aliphatic carbocycles. The number of carbonyl (C=O) groups is 2. The molecule has 2 unspecified atom stereocenters. The lowest BCUT2D eigenvalue weighted by Crippen LogP contribution is -2.25. The van der Waals surface area contributed by atoms with E-state index in [0.717, 1.165) is 0 Å². The molecular weight excluding hydrogens is 292 g/mol. The van der Waals surface area contributed by atoms with E-state index in [4.69, 9.17) is 14.2 Å². The van der Waals surface area contributed by atoms with Crippen LogP contribution in [0.1, 0.15) is 20.3 Å². The average Bonchev–Trinajstić information content (AvgIpc) is 2.46. The van der Waals surface area contributed by atoms with E-state index >= 15 is 0 Å². The van der Waals surface area contributed by atoms with Crippen LogP contribution in [0.5, 0.6) is 0 Å². The molecule has 7 nitrogen and oxygen atoms in total. The predicted molar refractivity (Wildman–Crippen MR) is 79.0 cm³/mol. The van der Waals surface area contributed by atoms with Crippen LogP contribution in [0.2, 0.25) is 0 Å². The van der Waals surface area contributed by atoms with Crippen molar-refractivity contribution in [2.45, 2.75) is 32.5 Å². The van der Waals surface area contributed by atoms with Crippen molar-refractivity contribution < 1.29 is 34.0 Å². The Hall–Kier alpha value is -1.70. The van der Waals surface area contributed by atoms with Gasteiger partial charge in [-0.2, -0.15) is 0 Å². The van der Waals surface area contributed by atoms with Crippen molar-refractivity contribution in [1.82, 2.24) is 0 Å². The Bertz CT molecular complexity index is 365. The Morgan fingerprint density at radius 3 is 1.82 bits per heavy atom. The Morgan fingerprint density at radius 1 is 0.909 bits per heavy atom. The van der Waals surface area contributed by atoms with Crippen LogP contribution >= 0.6 is 0 Å². The Labute approximate surface area is 130 Å². The van der Waals surface area contributed by atoms with E-state index in [0.29, 0.717) is 0 Å². The molecule has 7 heteroatoms. The lowest BCUT2D eigenvalue weighted by atomic mass is 10.3. The third kappa shape index (κ3) is 10.1. The summed E-state index contributed by atoms with van der Waals surface area (Å²) in [6.45, 7) is 9.64. The van der Waals surface area contributed by atoms with Crippen LogP contribution in [0.4, 0.5) is 0 Å². The molecule has 0 aliphatic heterocycles. The molecule has 0 aromatic rings. The van der Waals surface area contributed by atoms with Gasteiger partial charge in [-0.1, -0.05) is 13.2 Å². The summed E-state index contributed by atoms with van der Waals surface area (Å²) in [6, 6.07) is 0. The number of rotatable bonds is 11. The lowest BCUT2D eigenvalue weighted by molar-refractivity contribution is -0.144. The summed E-state index contributed by atoms with van der Waals surface area (Å²) in [6.07, 6.45) is -1.58. The molecule has 2 atom stereocenters. The summed E-state index contributed by atoms with van der Waals surface area (Å²) in [4.78, 5) is 22.2. The first-order valence-corrected chi connectivity index (χ1v) is 6.83. The van der Waals surface area contributed by atoms with Crippen molar-refractivity contribution in [3.63, 3.8) is 0 Å². The zero-order chi connectivity index (χ0) is 17.1. The molecule has 0 rings (SSSR count). The molecule has 0 radical (unpaired) electrons. The Kier molecular flexibility index (Phi) is 10.1. The second-order valence-electron chi connectivity index (χ2n) is 4.93. The zero-order valence-electron chi connectivity index (χ0n) is 13.0. The number of hydrogen-bond acceptors (Lipinski definition) is 7. The second-order valence-corrected chi connectivity index (χ2v) is 4.93. The van der Waals surface area contributed by atoms with Crippen LogP contribution in [-0.2, 0) is 23.8 Å². The fraction of sp³-hybridized carbons (Fsp3) is 0.600. The minimum absolute atomic E-state index is 0.0399. The van der Waals surface area contributed by atoms with Crippen LogP contribution in [-0.4, -0.2) is 60.8 Å². The molecule has 0 aliphatic rings. The van der Waals surface area contributed by atoms with Gasteiger partial charge in [0.05, 0.1) is 12.7 Å². The number of aliphatic hydroxyl groups is 2. The standard InChI is InChI=1S/C15H24O7/c1-10(2)14(18)21-8-12(16)5-6-20-7-13(17)9-22-15(19)11(3)4/h12-13,16-17H,1,3,5-9H2,2,4H3. The highest BCUT2D eigenvalue weighted by Crippen LogP contribution is 1.99. The highest BCUT2D eigenvalue weighted by Gasteiger charge is 2.12. The molecule has 0 saturated carbocycles. The number of esters is 2. The summed E-state index contributed by atoms with van der Waals surface area (Å²) in [5.41, 5.74) is 0.511. The summed E-state index contributed by atoms with van der Waals surface area (Å²) in [7, 11) is 0. The van der Waals surface area contributed by atoms with Gasteiger partial charge in [0.15, 0.2) is 0 Å². The zero-order valence-corrected chi connectivity index (χ0v) is 13.0. The number of carbonyl (C=O) groups excluding carboxylic acids is 2. The molecule has 0 fully saturated rings. The van der Waals surface area contributed by atoms with Crippen LogP contribution in [0.15, 0.2) is 24.3 Å². The number of aliphatic hydroxyl groups excluding tert-OH is 2. The largest absolute Gasteiger partial charge is 0.460 e. The van der Waals surface area contributed by atoms with Crippen molar-refractivity contribution in [3.8, 4) is 0 Å². The van der Waals surface area contributed by atoms with Gasteiger partial charge in [-0.15, -0.1) is 0 Å². The molecule has 0 aromatic heterocycles. The minimum atomic E-state index is -0.957. The monoisotopic (exact) mass is 316 g/mol. The predicted octanol–water partition coefficient (Wildman–Crippen LogP) is 0.353. The highest BCUT2D eigenvalue weighted by molar-refractivity contribution is 5.87. The quantitative estimate of drug-likeness (QED) is 0.322. The first-order valence-electron chi connectivity index (χ1n) is 6.83. The van der Waals surface area contributed by atoms with Crippen molar-refractivity contribution >= 4 is 11.9 Å². The second kappa shape index (κ2) is 10.9. The SMILES string of the molecule is C=C(C)C(=O)OCC(O)CCOCC(O)COC(=O)C(=C)C. The molecule has 126 valence electrons. The normalized spacial score (nSPS) is 13.1. The summed E-state index contributed by atoms with van der Waals surface area (Å²) in [5.74, 6) is -1.14. The third-order valence-corrected chi connectivity index (χ3v) is 2.42. The van der Waals surface area contributed by atoms with E-state index < -0.39 is 24.1 Å². The molecule has 0 saturated heterocycles. The van der Waals surface area contributed by atoms with Gasteiger partial charge in [0.2, 0.25) is 0 Å². The maximum Gasteiger partial charge on any atom is 0.333 e. The van der Waals surface area contributed by atoms with Crippen LogP contribution in [0.25, 0.3) is 0 Å². The molecule has 0 bridgehead atoms. The van der Waals surface area contributed by atoms with Gasteiger partial charge in [-0.05, 0) is 20.3 Å². The third-order valence-electron chi connectivity index (χ3n) is 2.42. The van der Waals surface area contributed by atoms with E-state index in [1.54, 1.807) is 0 Å². The van der Waals surface area contributed by atoms with Gasteiger partial charge in [0, 0.05) is 17.8 Å². The van der Waals surface area contributed by atoms with Gasteiger partial charge >= 0.3 is 11.9 Å². The van der Waals surface area contributed by atoms with Gasteiger partial charge in [0.25, 0.3) is 0 Å². The molecule has 0 amide bonds. The summed E-state index contributed by atoms with van der Waals surface area (Å²) < 4.78 is 14.7. The summed E-state index contributed by atoms with van der Waals surface area (Å²) in [5, 5.41) is 19.1. The fourth-order valence-electron chi connectivity index (χ4n) is 1.16. The van der Waals surface area contributed by atoms with E-state index in [9.17, 15) is 19.8 Å². The summed E-state index contributed by atoms with van der Waals surface area (Å²) >= 11 is 0. The molecule has 0 spiro atoms. The molecule has 0 aromatic carbocycles. The Balaban J connectivity index is 3.66.